The summed E-state index contributed by atoms with van der Waals surface area (Å²) in [5.74, 6) is 2.13. The summed E-state index contributed by atoms with van der Waals surface area (Å²) in [4.78, 5) is 9.53. The van der Waals surface area contributed by atoms with Crippen LogP contribution in [-0.2, 0) is 9.47 Å². The average molecular weight is 315 g/mol. The monoisotopic (exact) mass is 315 g/mol. The SMILES string of the molecule is CC1COCCN1c1cc(N2CC3CC(C2)O3)nc2ccnn12. The van der Waals surface area contributed by atoms with Gasteiger partial charge in [-0.1, -0.05) is 0 Å². The molecule has 23 heavy (non-hydrogen) atoms. The van der Waals surface area contributed by atoms with Gasteiger partial charge in [-0.15, -0.1) is 0 Å². The molecule has 0 spiro atoms. The van der Waals surface area contributed by atoms with Crippen LogP contribution in [0.5, 0.6) is 0 Å². The van der Waals surface area contributed by atoms with Gasteiger partial charge in [0.05, 0.1) is 37.7 Å². The molecule has 6 rings (SSSR count). The summed E-state index contributed by atoms with van der Waals surface area (Å²) < 4.78 is 13.3. The molecule has 0 aliphatic carbocycles. The molecule has 4 fully saturated rings. The fourth-order valence-corrected chi connectivity index (χ4v) is 3.86. The van der Waals surface area contributed by atoms with Gasteiger partial charge in [0, 0.05) is 38.2 Å². The lowest BCUT2D eigenvalue weighted by molar-refractivity contribution is -0.133. The summed E-state index contributed by atoms with van der Waals surface area (Å²) in [7, 11) is 0. The van der Waals surface area contributed by atoms with Gasteiger partial charge in [0.2, 0.25) is 0 Å². The Bertz CT molecular complexity index is 716. The molecular formula is C16H21N5O2. The van der Waals surface area contributed by atoms with Gasteiger partial charge >= 0.3 is 0 Å². The highest BCUT2D eigenvalue weighted by atomic mass is 16.5. The van der Waals surface area contributed by atoms with Crippen molar-refractivity contribution in [3.05, 3.63) is 18.3 Å². The lowest BCUT2D eigenvalue weighted by Crippen LogP contribution is -2.57. The molecule has 7 nitrogen and oxygen atoms in total. The molecule has 2 aromatic heterocycles. The first-order valence-electron chi connectivity index (χ1n) is 8.37. The number of rotatable bonds is 2. The molecule has 6 heterocycles. The molecule has 0 amide bonds. The third-order valence-corrected chi connectivity index (χ3v) is 5.07. The number of fused-ring (bicyclic) bond motifs is 3. The van der Waals surface area contributed by atoms with E-state index < -0.39 is 0 Å². The van der Waals surface area contributed by atoms with Crippen LogP contribution in [0.15, 0.2) is 18.3 Å². The minimum Gasteiger partial charge on any atom is -0.377 e. The summed E-state index contributed by atoms with van der Waals surface area (Å²) in [5, 5.41) is 4.47. The number of hydrogen-bond donors (Lipinski definition) is 0. The van der Waals surface area contributed by atoms with Crippen molar-refractivity contribution in [1.29, 1.82) is 0 Å². The normalized spacial score (nSPS) is 30.6. The number of morpholine rings is 2. The van der Waals surface area contributed by atoms with Crippen molar-refractivity contribution in [2.45, 2.75) is 31.6 Å². The van der Waals surface area contributed by atoms with Gasteiger partial charge in [-0.25, -0.2) is 4.98 Å². The Morgan fingerprint density at radius 2 is 2.09 bits per heavy atom. The Morgan fingerprint density at radius 1 is 1.26 bits per heavy atom. The van der Waals surface area contributed by atoms with Crippen LogP contribution >= 0.6 is 0 Å². The van der Waals surface area contributed by atoms with E-state index in [1.165, 1.54) is 6.42 Å². The van der Waals surface area contributed by atoms with Crippen LogP contribution in [0.1, 0.15) is 13.3 Å². The van der Waals surface area contributed by atoms with Gasteiger partial charge in [-0.05, 0) is 6.92 Å². The Balaban J connectivity index is 1.56. The fraction of sp³-hybridized carbons (Fsp3) is 0.625. The lowest BCUT2D eigenvalue weighted by atomic mass is 9.99. The van der Waals surface area contributed by atoms with E-state index in [4.69, 9.17) is 14.5 Å². The fourth-order valence-electron chi connectivity index (χ4n) is 3.86. The Morgan fingerprint density at radius 3 is 2.87 bits per heavy atom. The van der Waals surface area contributed by atoms with E-state index in [-0.39, 0.29) is 0 Å². The minimum absolute atomic E-state index is 0.337. The van der Waals surface area contributed by atoms with E-state index >= 15 is 0 Å². The van der Waals surface area contributed by atoms with E-state index in [2.05, 4.69) is 27.9 Å². The van der Waals surface area contributed by atoms with Crippen molar-refractivity contribution in [3.63, 3.8) is 0 Å². The number of piperidine rings is 1. The molecule has 0 aromatic carbocycles. The third kappa shape index (κ3) is 2.18. The molecule has 0 saturated carbocycles. The highest BCUT2D eigenvalue weighted by molar-refractivity contribution is 5.60. The van der Waals surface area contributed by atoms with Crippen LogP contribution in [-0.4, -0.2) is 65.7 Å². The van der Waals surface area contributed by atoms with Crippen LogP contribution in [0.3, 0.4) is 0 Å². The van der Waals surface area contributed by atoms with E-state index in [1.807, 2.05) is 16.8 Å². The molecule has 7 heteroatoms. The highest BCUT2D eigenvalue weighted by Gasteiger charge is 2.39. The van der Waals surface area contributed by atoms with E-state index in [0.29, 0.717) is 18.2 Å². The minimum atomic E-state index is 0.337. The summed E-state index contributed by atoms with van der Waals surface area (Å²) in [6.45, 7) is 6.46. The van der Waals surface area contributed by atoms with Crippen molar-refractivity contribution in [2.24, 2.45) is 0 Å². The lowest BCUT2D eigenvalue weighted by Gasteiger charge is -2.47. The summed E-state index contributed by atoms with van der Waals surface area (Å²) in [5.41, 5.74) is 0.899. The predicted molar refractivity (Wildman–Crippen MR) is 86.1 cm³/mol. The van der Waals surface area contributed by atoms with Gasteiger partial charge in [-0.3, -0.25) is 0 Å². The maximum atomic E-state index is 5.75. The molecule has 2 bridgehead atoms. The third-order valence-electron chi connectivity index (χ3n) is 5.07. The molecule has 122 valence electrons. The van der Waals surface area contributed by atoms with Crippen LogP contribution in [0.4, 0.5) is 11.6 Å². The Hall–Kier alpha value is -1.86. The number of nitrogens with zero attached hydrogens (tertiary/aromatic N) is 5. The van der Waals surface area contributed by atoms with Gasteiger partial charge in [0.1, 0.15) is 11.6 Å². The smallest absolute Gasteiger partial charge is 0.159 e. The van der Waals surface area contributed by atoms with Crippen LogP contribution in [0.2, 0.25) is 0 Å². The molecule has 4 aliphatic rings. The van der Waals surface area contributed by atoms with Crippen molar-refractivity contribution in [2.75, 3.05) is 42.6 Å². The first-order chi connectivity index (χ1) is 11.3. The first kappa shape index (κ1) is 13.6. The Labute approximate surface area is 134 Å². The molecule has 0 N–H and O–H groups in total. The number of anilines is 2. The molecule has 3 unspecified atom stereocenters. The largest absolute Gasteiger partial charge is 0.377 e. The van der Waals surface area contributed by atoms with Crippen molar-refractivity contribution in [3.8, 4) is 0 Å². The van der Waals surface area contributed by atoms with Crippen LogP contribution in [0.25, 0.3) is 5.65 Å². The number of ether oxygens (including phenoxy) is 2. The van der Waals surface area contributed by atoms with E-state index in [0.717, 1.165) is 50.1 Å². The second kappa shape index (κ2) is 5.07. The molecule has 4 aliphatic heterocycles. The maximum absolute atomic E-state index is 5.75. The van der Waals surface area contributed by atoms with Gasteiger partial charge in [0.15, 0.2) is 5.65 Å². The zero-order chi connectivity index (χ0) is 15.4. The topological polar surface area (TPSA) is 55.1 Å². The highest BCUT2D eigenvalue weighted by Crippen LogP contribution is 2.32. The molecule has 4 saturated heterocycles. The van der Waals surface area contributed by atoms with Crippen molar-refractivity contribution < 1.29 is 9.47 Å². The predicted octanol–water partition coefficient (Wildman–Crippen LogP) is 0.932. The standard InChI is InChI=1S/C16H21N5O2/c1-11-10-22-5-4-20(11)16-7-15(18-14-2-3-17-21(14)16)19-8-12-6-13(9-19)23-12/h2-3,7,11-13H,4-6,8-10H2,1H3. The zero-order valence-corrected chi connectivity index (χ0v) is 13.3. The number of hydrogen-bond acceptors (Lipinski definition) is 6. The second-order valence-electron chi connectivity index (χ2n) is 6.71. The van der Waals surface area contributed by atoms with Crippen LogP contribution in [0, 0.1) is 0 Å². The quantitative estimate of drug-likeness (QED) is 0.822. The van der Waals surface area contributed by atoms with Crippen molar-refractivity contribution >= 4 is 17.3 Å². The first-order valence-corrected chi connectivity index (χ1v) is 8.37. The van der Waals surface area contributed by atoms with Crippen molar-refractivity contribution in [1.82, 2.24) is 14.6 Å². The molecular weight excluding hydrogens is 294 g/mol. The van der Waals surface area contributed by atoms with Crippen LogP contribution < -0.4 is 9.80 Å². The van der Waals surface area contributed by atoms with Gasteiger partial charge in [-0.2, -0.15) is 9.61 Å². The molecule has 3 atom stereocenters. The van der Waals surface area contributed by atoms with E-state index in [9.17, 15) is 0 Å². The number of aromatic nitrogens is 3. The van der Waals surface area contributed by atoms with E-state index in [1.54, 1.807) is 0 Å². The average Bonchev–Trinajstić information content (AvgIpc) is 3.02. The maximum Gasteiger partial charge on any atom is 0.159 e. The molecule has 0 radical (unpaired) electrons. The Kier molecular flexibility index (Phi) is 2.99. The summed E-state index contributed by atoms with van der Waals surface area (Å²) in [6, 6.07) is 4.48. The summed E-state index contributed by atoms with van der Waals surface area (Å²) in [6.07, 6.45) is 3.76. The summed E-state index contributed by atoms with van der Waals surface area (Å²) >= 11 is 0. The van der Waals surface area contributed by atoms with Gasteiger partial charge < -0.3 is 19.3 Å². The molecule has 2 aromatic rings. The van der Waals surface area contributed by atoms with Gasteiger partial charge in [0.25, 0.3) is 0 Å². The zero-order valence-electron chi connectivity index (χ0n) is 13.3. The second-order valence-corrected chi connectivity index (χ2v) is 6.71.